The Labute approximate surface area is 250 Å². The third-order valence-electron chi connectivity index (χ3n) is 8.47. The average Bonchev–Trinajstić information content (AvgIpc) is 3.47. The maximum Gasteiger partial charge on any atom is 0.417 e. The van der Waals surface area contributed by atoms with Crippen molar-refractivity contribution in [3.05, 3.63) is 47.7 Å². The smallest absolute Gasteiger partial charge is 0.380 e. The number of fused-ring (bicyclic) bond motifs is 1. The summed E-state index contributed by atoms with van der Waals surface area (Å²) in [4.78, 5) is 30.6. The molecule has 0 spiro atoms. The summed E-state index contributed by atoms with van der Waals surface area (Å²) in [6.07, 6.45) is -0.292. The largest absolute Gasteiger partial charge is 0.417 e. The summed E-state index contributed by atoms with van der Waals surface area (Å²) >= 11 is 0. The van der Waals surface area contributed by atoms with Crippen LogP contribution in [-0.4, -0.2) is 59.0 Å². The van der Waals surface area contributed by atoms with Crippen LogP contribution in [0, 0.1) is 11.8 Å². The highest BCUT2D eigenvalue weighted by atomic mass is 19.4. The van der Waals surface area contributed by atoms with Crippen molar-refractivity contribution < 1.29 is 36.6 Å². The van der Waals surface area contributed by atoms with Crippen LogP contribution in [0.15, 0.2) is 30.7 Å². The van der Waals surface area contributed by atoms with Crippen LogP contribution in [0.2, 0.25) is 0 Å². The van der Waals surface area contributed by atoms with E-state index >= 15 is 0 Å². The Hall–Kier alpha value is -3.62. The molecule has 5 rings (SSSR count). The quantitative estimate of drug-likeness (QED) is 0.270. The van der Waals surface area contributed by atoms with Crippen LogP contribution >= 0.6 is 0 Å². The molecule has 10 nitrogen and oxygen atoms in total. The Morgan fingerprint density at radius 2 is 1.73 bits per heavy atom. The normalized spacial score (nSPS) is 20.3. The number of aliphatic hydroxyl groups is 1. The van der Waals surface area contributed by atoms with Crippen LogP contribution in [0.1, 0.15) is 106 Å². The van der Waals surface area contributed by atoms with Crippen LogP contribution < -0.4 is 10.6 Å². The molecule has 2 amide bonds. The van der Waals surface area contributed by atoms with E-state index in [2.05, 4.69) is 25.8 Å². The van der Waals surface area contributed by atoms with E-state index in [-0.39, 0.29) is 43.6 Å². The van der Waals surface area contributed by atoms with Crippen LogP contribution in [0.25, 0.3) is 5.65 Å². The SMILES string of the molecule is CC(C)n1nccc1C(=O)N[C@H](c1cn2ncc([C@H](NC(=O)C[C@](C)(O)C(F)(F)F)C3CC3)cc2n1)C1CCC(F)(F)CC1. The molecule has 0 aliphatic heterocycles. The van der Waals surface area contributed by atoms with Gasteiger partial charge >= 0.3 is 6.18 Å². The number of hydrogen-bond donors (Lipinski definition) is 3. The monoisotopic (exact) mass is 625 g/mol. The van der Waals surface area contributed by atoms with Crippen molar-refractivity contribution in [2.75, 3.05) is 0 Å². The maximum absolute atomic E-state index is 14.0. The van der Waals surface area contributed by atoms with Crippen molar-refractivity contribution in [2.24, 2.45) is 11.8 Å². The van der Waals surface area contributed by atoms with Gasteiger partial charge < -0.3 is 15.7 Å². The first-order valence-corrected chi connectivity index (χ1v) is 14.7. The molecule has 3 aromatic heterocycles. The summed E-state index contributed by atoms with van der Waals surface area (Å²) in [6, 6.07) is 1.80. The minimum absolute atomic E-state index is 0.0183. The number of amides is 2. The molecule has 3 atom stereocenters. The Balaban J connectivity index is 1.41. The zero-order chi connectivity index (χ0) is 32.0. The predicted molar refractivity (Wildman–Crippen MR) is 148 cm³/mol. The number of nitrogens with zero attached hydrogens (tertiary/aromatic N) is 5. The summed E-state index contributed by atoms with van der Waals surface area (Å²) in [5.74, 6) is -4.48. The number of hydrogen-bond acceptors (Lipinski definition) is 6. The Morgan fingerprint density at radius 3 is 2.34 bits per heavy atom. The number of nitrogens with one attached hydrogen (secondary N) is 2. The minimum Gasteiger partial charge on any atom is -0.380 e. The van der Waals surface area contributed by atoms with Gasteiger partial charge in [0.1, 0.15) is 5.69 Å². The van der Waals surface area contributed by atoms with Gasteiger partial charge in [-0.15, -0.1) is 0 Å². The lowest BCUT2D eigenvalue weighted by Gasteiger charge is -2.33. The zero-order valence-electron chi connectivity index (χ0n) is 24.6. The van der Waals surface area contributed by atoms with E-state index in [0.717, 1.165) is 12.8 Å². The second-order valence-electron chi connectivity index (χ2n) is 12.5. The molecule has 3 aromatic rings. The Bertz CT molecular complexity index is 1500. The second-order valence-corrected chi connectivity index (χ2v) is 12.5. The van der Waals surface area contributed by atoms with Gasteiger partial charge in [-0.3, -0.25) is 14.3 Å². The fraction of sp³-hybridized carbons (Fsp3) is 0.621. The predicted octanol–water partition coefficient (Wildman–Crippen LogP) is 5.07. The number of carbonyl (C=O) groups excluding carboxylic acids is 2. The molecule has 2 aliphatic carbocycles. The lowest BCUT2D eigenvalue weighted by Crippen LogP contribution is -2.46. The van der Waals surface area contributed by atoms with E-state index in [1.807, 2.05) is 13.8 Å². The van der Waals surface area contributed by atoms with Crippen molar-refractivity contribution in [3.63, 3.8) is 0 Å². The van der Waals surface area contributed by atoms with Gasteiger partial charge in [-0.1, -0.05) is 0 Å². The molecule has 2 saturated carbocycles. The molecule has 0 unspecified atom stereocenters. The first kappa shape index (κ1) is 31.8. The molecule has 15 heteroatoms. The van der Waals surface area contributed by atoms with Crippen molar-refractivity contribution in [1.82, 2.24) is 35.0 Å². The van der Waals surface area contributed by atoms with E-state index in [0.29, 0.717) is 29.5 Å². The molecule has 2 fully saturated rings. The maximum atomic E-state index is 14.0. The third-order valence-corrected chi connectivity index (χ3v) is 8.47. The van der Waals surface area contributed by atoms with Gasteiger partial charge in [-0.05, 0) is 76.0 Å². The van der Waals surface area contributed by atoms with Gasteiger partial charge in [0.15, 0.2) is 11.2 Å². The summed E-state index contributed by atoms with van der Waals surface area (Å²) in [7, 11) is 0. The molecule has 0 bridgehead atoms. The van der Waals surface area contributed by atoms with Crippen LogP contribution in [0.3, 0.4) is 0 Å². The third kappa shape index (κ3) is 6.87. The average molecular weight is 626 g/mol. The van der Waals surface area contributed by atoms with Crippen LogP contribution in [0.4, 0.5) is 22.0 Å². The van der Waals surface area contributed by atoms with Crippen LogP contribution in [-0.2, 0) is 4.79 Å². The van der Waals surface area contributed by atoms with Gasteiger partial charge in [0, 0.05) is 25.1 Å². The van der Waals surface area contributed by atoms with Crippen molar-refractivity contribution in [3.8, 4) is 0 Å². The zero-order valence-corrected chi connectivity index (χ0v) is 24.6. The van der Waals surface area contributed by atoms with Gasteiger partial charge in [0.2, 0.25) is 11.8 Å². The Morgan fingerprint density at radius 1 is 1.07 bits per heavy atom. The highest BCUT2D eigenvalue weighted by Crippen LogP contribution is 2.43. The fourth-order valence-electron chi connectivity index (χ4n) is 5.72. The second kappa shape index (κ2) is 11.7. The molecule has 3 heterocycles. The molecule has 0 aromatic carbocycles. The topological polar surface area (TPSA) is 126 Å². The summed E-state index contributed by atoms with van der Waals surface area (Å²) in [5, 5.41) is 24.0. The molecule has 2 aliphatic rings. The summed E-state index contributed by atoms with van der Waals surface area (Å²) < 4.78 is 70.5. The molecular formula is C29H36F5N7O3. The molecule has 44 heavy (non-hydrogen) atoms. The van der Waals surface area contributed by atoms with Crippen molar-refractivity contribution in [2.45, 2.75) is 102 Å². The lowest BCUT2D eigenvalue weighted by atomic mass is 9.81. The highest BCUT2D eigenvalue weighted by molar-refractivity contribution is 5.92. The fourth-order valence-corrected chi connectivity index (χ4v) is 5.72. The van der Waals surface area contributed by atoms with E-state index in [1.165, 1.54) is 16.9 Å². The highest BCUT2D eigenvalue weighted by Gasteiger charge is 2.51. The number of aromatic nitrogens is 5. The number of carbonyl (C=O) groups is 2. The van der Waals surface area contributed by atoms with Crippen molar-refractivity contribution >= 4 is 17.5 Å². The van der Waals surface area contributed by atoms with E-state index in [4.69, 9.17) is 0 Å². The molecule has 0 saturated heterocycles. The van der Waals surface area contributed by atoms with Gasteiger partial charge in [-0.2, -0.15) is 23.4 Å². The number of imidazole rings is 1. The van der Waals surface area contributed by atoms with E-state index < -0.39 is 48.0 Å². The van der Waals surface area contributed by atoms with E-state index in [9.17, 15) is 36.6 Å². The number of rotatable bonds is 10. The summed E-state index contributed by atoms with van der Waals surface area (Å²) in [6.45, 7) is 4.31. The lowest BCUT2D eigenvalue weighted by molar-refractivity contribution is -0.253. The molecular weight excluding hydrogens is 589 g/mol. The van der Waals surface area contributed by atoms with Crippen LogP contribution in [0.5, 0.6) is 0 Å². The van der Waals surface area contributed by atoms with E-state index in [1.54, 1.807) is 23.0 Å². The molecule has 3 N–H and O–H groups in total. The first-order valence-electron chi connectivity index (χ1n) is 14.7. The molecule has 0 radical (unpaired) electrons. The number of alkyl halides is 5. The minimum atomic E-state index is -4.97. The molecule has 240 valence electrons. The van der Waals surface area contributed by atoms with Gasteiger partial charge in [-0.25, -0.2) is 18.3 Å². The summed E-state index contributed by atoms with van der Waals surface area (Å²) in [5.41, 5.74) is -1.56. The Kier molecular flexibility index (Phi) is 8.46. The van der Waals surface area contributed by atoms with Crippen molar-refractivity contribution in [1.29, 1.82) is 0 Å². The first-order chi connectivity index (χ1) is 20.5. The number of halogens is 5. The van der Waals surface area contributed by atoms with Gasteiger partial charge in [0.25, 0.3) is 5.91 Å². The van der Waals surface area contributed by atoms with Gasteiger partial charge in [0.05, 0.1) is 36.6 Å². The standard InChI is InChI=1S/C29H36F5N7O3/c1-16(2)41-21(8-11-35-41)26(43)39-25(18-6-9-28(30,31)10-7-18)20-15-40-22(37-20)12-19(14-36-40)24(17-4-5-17)38-23(42)13-27(3,44)29(32,33)34/h8,11-12,14-18,24-25,44H,4-7,9-10,13H2,1-3H3,(H,38,42)(H,39,43)/t24-,25+,27+/m1/s1.